The van der Waals surface area contributed by atoms with E-state index in [0.717, 1.165) is 34.9 Å². The van der Waals surface area contributed by atoms with Crippen molar-refractivity contribution in [3.8, 4) is 17.0 Å². The van der Waals surface area contributed by atoms with Gasteiger partial charge in [-0.2, -0.15) is 8.78 Å². The fraction of sp³-hybridized carbons (Fsp3) is 0.238. The number of ether oxygens (including phenoxy) is 1. The lowest BCUT2D eigenvalue weighted by Crippen LogP contribution is -2.13. The molecule has 1 amide bonds. The largest absolute Gasteiger partial charge is 0.435 e. The molecule has 0 bridgehead atoms. The van der Waals surface area contributed by atoms with Crippen molar-refractivity contribution in [1.29, 1.82) is 0 Å². The maximum absolute atomic E-state index is 12.5. The van der Waals surface area contributed by atoms with Crippen LogP contribution in [0.2, 0.25) is 0 Å². The number of nitrogens with zero attached hydrogens (tertiary/aromatic N) is 1. The zero-order valence-corrected chi connectivity index (χ0v) is 14.5. The standard InChI is InChI=1S/C21H18F2N2O2/c22-21(23)27-15-3-1-2-14(10-15)19-11-16(13-5-6-13)17-8-12(9-20(24)26)4-7-18(17)25-19/h1-4,7-8,10-11,13,21H,5-6,9H2,(H2,24,26). The molecule has 0 aliphatic heterocycles. The Morgan fingerprint density at radius 2 is 2.00 bits per heavy atom. The molecule has 1 aliphatic carbocycles. The molecule has 138 valence electrons. The van der Waals surface area contributed by atoms with Crippen LogP contribution in [0.25, 0.3) is 22.2 Å². The Bertz CT molecular complexity index is 1020. The van der Waals surface area contributed by atoms with Gasteiger partial charge in [0.2, 0.25) is 5.91 Å². The fourth-order valence-corrected chi connectivity index (χ4v) is 3.32. The Balaban J connectivity index is 1.80. The molecule has 1 heterocycles. The minimum Gasteiger partial charge on any atom is -0.435 e. The molecule has 2 aromatic carbocycles. The molecule has 0 saturated heterocycles. The Morgan fingerprint density at radius 1 is 1.19 bits per heavy atom. The van der Waals surface area contributed by atoms with Crippen molar-refractivity contribution >= 4 is 16.8 Å². The van der Waals surface area contributed by atoms with Gasteiger partial charge in [-0.3, -0.25) is 4.79 Å². The summed E-state index contributed by atoms with van der Waals surface area (Å²) in [6.45, 7) is -2.87. The number of alkyl halides is 2. The van der Waals surface area contributed by atoms with Crippen molar-refractivity contribution in [1.82, 2.24) is 4.98 Å². The van der Waals surface area contributed by atoms with E-state index >= 15 is 0 Å². The number of aromatic nitrogens is 1. The summed E-state index contributed by atoms with van der Waals surface area (Å²) in [5.41, 5.74) is 9.58. The van der Waals surface area contributed by atoms with Crippen LogP contribution in [-0.4, -0.2) is 17.5 Å². The highest BCUT2D eigenvalue weighted by Gasteiger charge is 2.26. The SMILES string of the molecule is NC(=O)Cc1ccc2nc(-c3cccc(OC(F)F)c3)cc(C3CC3)c2c1. The normalized spacial score (nSPS) is 13.9. The second-order valence-corrected chi connectivity index (χ2v) is 6.77. The van der Waals surface area contributed by atoms with Crippen LogP contribution < -0.4 is 10.5 Å². The lowest BCUT2D eigenvalue weighted by Gasteiger charge is -2.12. The predicted molar refractivity (Wildman–Crippen MR) is 98.7 cm³/mol. The summed E-state index contributed by atoms with van der Waals surface area (Å²) in [6, 6.07) is 14.3. The van der Waals surface area contributed by atoms with Crippen molar-refractivity contribution < 1.29 is 18.3 Å². The lowest BCUT2D eigenvalue weighted by molar-refractivity contribution is -0.117. The molecule has 27 heavy (non-hydrogen) atoms. The quantitative estimate of drug-likeness (QED) is 0.701. The molecular weight excluding hydrogens is 350 g/mol. The summed E-state index contributed by atoms with van der Waals surface area (Å²) < 4.78 is 29.5. The molecule has 2 N–H and O–H groups in total. The molecular formula is C21H18F2N2O2. The maximum atomic E-state index is 12.5. The van der Waals surface area contributed by atoms with Gasteiger partial charge in [0.15, 0.2) is 0 Å². The molecule has 3 aromatic rings. The number of rotatable bonds is 6. The van der Waals surface area contributed by atoms with Crippen molar-refractivity contribution in [2.24, 2.45) is 5.73 Å². The van der Waals surface area contributed by atoms with Gasteiger partial charge in [-0.25, -0.2) is 4.98 Å². The minimum absolute atomic E-state index is 0.106. The number of halogens is 2. The third kappa shape index (κ3) is 3.89. The summed E-state index contributed by atoms with van der Waals surface area (Å²) in [5, 5.41) is 1.01. The third-order valence-electron chi connectivity index (χ3n) is 4.66. The Labute approximate surface area is 155 Å². The predicted octanol–water partition coefficient (Wildman–Crippen LogP) is 4.41. The Hall–Kier alpha value is -3.02. The molecule has 1 saturated carbocycles. The highest BCUT2D eigenvalue weighted by molar-refractivity contribution is 5.88. The number of pyridine rings is 1. The van der Waals surface area contributed by atoms with Crippen LogP contribution >= 0.6 is 0 Å². The Kier molecular flexibility index (Phi) is 4.48. The van der Waals surface area contributed by atoms with E-state index in [1.807, 2.05) is 30.3 Å². The first-order chi connectivity index (χ1) is 13.0. The van der Waals surface area contributed by atoms with Crippen molar-refractivity contribution in [3.63, 3.8) is 0 Å². The topological polar surface area (TPSA) is 65.2 Å². The van der Waals surface area contributed by atoms with Gasteiger partial charge >= 0.3 is 6.61 Å². The van der Waals surface area contributed by atoms with Gasteiger partial charge in [-0.1, -0.05) is 18.2 Å². The Morgan fingerprint density at radius 3 is 2.70 bits per heavy atom. The van der Waals surface area contributed by atoms with Crippen molar-refractivity contribution in [3.05, 3.63) is 59.7 Å². The number of hydrogen-bond donors (Lipinski definition) is 1. The van der Waals surface area contributed by atoms with Crippen LogP contribution in [-0.2, 0) is 11.2 Å². The smallest absolute Gasteiger partial charge is 0.387 e. The van der Waals surface area contributed by atoms with Crippen LogP contribution in [0.15, 0.2) is 48.5 Å². The number of carbonyl (C=O) groups is 1. The molecule has 1 aromatic heterocycles. The number of fused-ring (bicyclic) bond motifs is 1. The van der Waals surface area contributed by atoms with E-state index in [0.29, 0.717) is 11.6 Å². The number of nitrogens with two attached hydrogens (primary N) is 1. The van der Waals surface area contributed by atoms with Gasteiger partial charge < -0.3 is 10.5 Å². The van der Waals surface area contributed by atoms with E-state index in [2.05, 4.69) is 4.74 Å². The van der Waals surface area contributed by atoms with Gasteiger partial charge in [0, 0.05) is 10.9 Å². The molecule has 1 aliphatic rings. The number of primary amides is 1. The first-order valence-electron chi connectivity index (χ1n) is 8.77. The van der Waals surface area contributed by atoms with Crippen molar-refractivity contribution in [2.75, 3.05) is 0 Å². The van der Waals surface area contributed by atoms with Gasteiger partial charge in [-0.05, 0) is 60.2 Å². The second kappa shape index (κ2) is 6.95. The number of carbonyl (C=O) groups excluding carboxylic acids is 1. The van der Waals surface area contributed by atoms with E-state index in [9.17, 15) is 13.6 Å². The molecule has 0 atom stereocenters. The maximum Gasteiger partial charge on any atom is 0.387 e. The monoisotopic (exact) mass is 368 g/mol. The molecule has 6 heteroatoms. The van der Waals surface area contributed by atoms with Crippen molar-refractivity contribution in [2.45, 2.75) is 31.8 Å². The zero-order chi connectivity index (χ0) is 19.0. The average molecular weight is 368 g/mol. The summed E-state index contributed by atoms with van der Waals surface area (Å²) in [4.78, 5) is 15.9. The first kappa shape index (κ1) is 17.4. The van der Waals surface area contributed by atoms with Gasteiger partial charge in [-0.15, -0.1) is 0 Å². The van der Waals surface area contributed by atoms with E-state index in [-0.39, 0.29) is 18.1 Å². The average Bonchev–Trinajstić information content (AvgIpc) is 3.45. The fourth-order valence-electron chi connectivity index (χ4n) is 3.32. The van der Waals surface area contributed by atoms with Crippen LogP contribution in [0, 0.1) is 0 Å². The van der Waals surface area contributed by atoms with E-state index in [1.54, 1.807) is 12.1 Å². The summed E-state index contributed by atoms with van der Waals surface area (Å²) in [5.74, 6) is 0.190. The molecule has 0 spiro atoms. The number of hydrogen-bond acceptors (Lipinski definition) is 3. The van der Waals surface area contributed by atoms with E-state index in [4.69, 9.17) is 10.7 Å². The number of amides is 1. The summed E-state index contributed by atoms with van der Waals surface area (Å²) in [7, 11) is 0. The molecule has 4 nitrogen and oxygen atoms in total. The van der Waals surface area contributed by atoms with Crippen LogP contribution in [0.5, 0.6) is 5.75 Å². The highest BCUT2D eigenvalue weighted by atomic mass is 19.3. The van der Waals surface area contributed by atoms with E-state index < -0.39 is 6.61 Å². The molecule has 0 unspecified atom stereocenters. The van der Waals surface area contributed by atoms with Gasteiger partial charge in [0.25, 0.3) is 0 Å². The summed E-state index contributed by atoms with van der Waals surface area (Å²) >= 11 is 0. The van der Waals surface area contributed by atoms with Gasteiger partial charge in [0.1, 0.15) is 5.75 Å². The first-order valence-corrected chi connectivity index (χ1v) is 8.77. The van der Waals surface area contributed by atoms with E-state index in [1.165, 1.54) is 11.6 Å². The molecule has 0 radical (unpaired) electrons. The summed E-state index contributed by atoms with van der Waals surface area (Å²) in [6.07, 6.45) is 2.40. The molecule has 1 fully saturated rings. The third-order valence-corrected chi connectivity index (χ3v) is 4.66. The zero-order valence-electron chi connectivity index (χ0n) is 14.5. The highest BCUT2D eigenvalue weighted by Crippen LogP contribution is 2.44. The molecule has 4 rings (SSSR count). The second-order valence-electron chi connectivity index (χ2n) is 6.77. The lowest BCUT2D eigenvalue weighted by atomic mass is 9.98. The van der Waals surface area contributed by atoms with Crippen LogP contribution in [0.1, 0.15) is 29.9 Å². The van der Waals surface area contributed by atoms with Gasteiger partial charge in [0.05, 0.1) is 17.6 Å². The minimum atomic E-state index is -2.87. The van der Waals surface area contributed by atoms with Crippen LogP contribution in [0.3, 0.4) is 0 Å². The van der Waals surface area contributed by atoms with Crippen LogP contribution in [0.4, 0.5) is 8.78 Å². The number of benzene rings is 2.